The minimum atomic E-state index is -4.32. The molecular formula is C3H8ClNaO5S. The van der Waals surface area contributed by atoms with Crippen LogP contribution in [-0.2, 0) is 10.1 Å². The number of hydrogen-bond acceptors (Lipinski definition) is 4. The van der Waals surface area contributed by atoms with E-state index in [1.54, 1.807) is 0 Å². The van der Waals surface area contributed by atoms with Crippen LogP contribution in [0, 0.1) is 0 Å². The molecule has 8 heteroatoms. The fourth-order valence-corrected chi connectivity index (χ4v) is 1.11. The Balaban J connectivity index is -0.000000320. The summed E-state index contributed by atoms with van der Waals surface area (Å²) in [5.74, 6) is -1.04. The molecule has 11 heavy (non-hydrogen) atoms. The van der Waals surface area contributed by atoms with Crippen LogP contribution in [0.2, 0.25) is 0 Å². The van der Waals surface area contributed by atoms with Gasteiger partial charge in [0.1, 0.15) is 0 Å². The number of alkyl halides is 1. The first-order valence-corrected chi connectivity index (χ1v) is 4.24. The molecule has 0 heterocycles. The van der Waals surface area contributed by atoms with E-state index >= 15 is 0 Å². The van der Waals surface area contributed by atoms with Gasteiger partial charge in [-0.1, -0.05) is 0 Å². The first-order chi connectivity index (χ1) is 3.95. The van der Waals surface area contributed by atoms with Gasteiger partial charge < -0.3 is 15.1 Å². The molecule has 0 spiro atoms. The van der Waals surface area contributed by atoms with Gasteiger partial charge in [0.25, 0.3) is 0 Å². The van der Waals surface area contributed by atoms with E-state index in [0.717, 1.165) is 0 Å². The normalized spacial score (nSPS) is 12.6. The molecule has 0 saturated heterocycles. The summed E-state index contributed by atoms with van der Waals surface area (Å²) in [6.45, 7) is 0. The first kappa shape index (κ1) is 18.0. The maximum Gasteiger partial charge on any atom is 1.00 e. The third kappa shape index (κ3) is 14.0. The van der Waals surface area contributed by atoms with Gasteiger partial charge in [0.05, 0.1) is 22.0 Å². The van der Waals surface area contributed by atoms with Crippen molar-refractivity contribution in [2.75, 3.05) is 11.6 Å². The van der Waals surface area contributed by atoms with Gasteiger partial charge in [-0.3, -0.25) is 0 Å². The molecule has 64 valence electrons. The van der Waals surface area contributed by atoms with E-state index in [4.69, 9.17) is 16.7 Å². The summed E-state index contributed by atoms with van der Waals surface area (Å²) in [7, 11) is -4.32. The van der Waals surface area contributed by atoms with Crippen molar-refractivity contribution < 1.29 is 53.1 Å². The Labute approximate surface area is 92.1 Å². The molecule has 0 radical (unpaired) electrons. The second-order valence-corrected chi connectivity index (χ2v) is 3.29. The standard InChI is InChI=1S/C3H7ClO4S.Na.H2O/c4-1-3(5)2-9(6,7)8;;/h3,5H,1-2H2,(H,6,7,8);;1H2/q;+1;/p-1. The number of aliphatic hydroxyl groups excluding tert-OH is 1. The van der Waals surface area contributed by atoms with Crippen LogP contribution in [0.4, 0.5) is 0 Å². The predicted octanol–water partition coefficient (Wildman–Crippen LogP) is -4.69. The number of rotatable bonds is 3. The maximum absolute atomic E-state index is 9.83. The summed E-state index contributed by atoms with van der Waals surface area (Å²) in [4.78, 5) is 0. The van der Waals surface area contributed by atoms with Crippen LogP contribution in [0.15, 0.2) is 0 Å². The summed E-state index contributed by atoms with van der Waals surface area (Å²) < 4.78 is 29.5. The maximum atomic E-state index is 9.83. The summed E-state index contributed by atoms with van der Waals surface area (Å²) in [5, 5.41) is 8.48. The van der Waals surface area contributed by atoms with E-state index in [-0.39, 0.29) is 40.9 Å². The molecule has 5 nitrogen and oxygen atoms in total. The van der Waals surface area contributed by atoms with Crippen LogP contribution in [0.1, 0.15) is 0 Å². The molecule has 0 aromatic heterocycles. The van der Waals surface area contributed by atoms with Crippen molar-refractivity contribution in [3.05, 3.63) is 0 Å². The Morgan fingerprint density at radius 1 is 1.55 bits per heavy atom. The van der Waals surface area contributed by atoms with Gasteiger partial charge in [0.15, 0.2) is 0 Å². The first-order valence-electron chi connectivity index (χ1n) is 2.13. The monoisotopic (exact) mass is 214 g/mol. The molecule has 0 aromatic carbocycles. The molecule has 3 N–H and O–H groups in total. The second-order valence-electron chi connectivity index (χ2n) is 1.53. The zero-order valence-corrected chi connectivity index (χ0v) is 9.52. The molecule has 1 atom stereocenters. The summed E-state index contributed by atoms with van der Waals surface area (Å²) in [6.07, 6.45) is -1.24. The van der Waals surface area contributed by atoms with E-state index in [9.17, 15) is 13.0 Å². The predicted molar refractivity (Wildman–Crippen MR) is 34.9 cm³/mol. The van der Waals surface area contributed by atoms with Crippen molar-refractivity contribution in [3.8, 4) is 0 Å². The number of halogens is 1. The molecule has 0 fully saturated rings. The smallest absolute Gasteiger partial charge is 0.748 e. The summed E-state index contributed by atoms with van der Waals surface area (Å²) >= 11 is 5.00. The van der Waals surface area contributed by atoms with Crippen LogP contribution in [0.3, 0.4) is 0 Å². The molecular weight excluding hydrogens is 207 g/mol. The van der Waals surface area contributed by atoms with Gasteiger partial charge >= 0.3 is 29.6 Å². The Bertz CT molecular complexity index is 169. The van der Waals surface area contributed by atoms with Gasteiger partial charge in [0.2, 0.25) is 0 Å². The van der Waals surface area contributed by atoms with E-state index in [0.29, 0.717) is 0 Å². The SMILES string of the molecule is O.O=S(=O)([O-])CC(O)CCl.[Na+]. The van der Waals surface area contributed by atoms with Crippen molar-refractivity contribution in [1.82, 2.24) is 0 Å². The molecule has 0 aliphatic rings. The third-order valence-electron chi connectivity index (χ3n) is 0.575. The molecule has 0 aliphatic carbocycles. The Morgan fingerprint density at radius 3 is 2.00 bits per heavy atom. The van der Waals surface area contributed by atoms with Crippen molar-refractivity contribution >= 4 is 21.7 Å². The van der Waals surface area contributed by atoms with Gasteiger partial charge in [-0.2, -0.15) is 0 Å². The van der Waals surface area contributed by atoms with E-state index < -0.39 is 22.0 Å². The van der Waals surface area contributed by atoms with Crippen LogP contribution >= 0.6 is 11.6 Å². The topological polar surface area (TPSA) is 109 Å². The molecule has 0 saturated carbocycles. The molecule has 0 aromatic rings. The number of aliphatic hydroxyl groups is 1. The Kier molecular flexibility index (Phi) is 12.7. The summed E-state index contributed by atoms with van der Waals surface area (Å²) in [6, 6.07) is 0. The van der Waals surface area contributed by atoms with E-state index in [2.05, 4.69) is 0 Å². The molecule has 0 aliphatic heterocycles. The quantitative estimate of drug-likeness (QED) is 0.289. The average molecular weight is 215 g/mol. The Morgan fingerprint density at radius 2 is 1.91 bits per heavy atom. The van der Waals surface area contributed by atoms with Crippen LogP contribution in [-0.4, -0.2) is 41.3 Å². The van der Waals surface area contributed by atoms with E-state index in [1.807, 2.05) is 0 Å². The summed E-state index contributed by atoms with van der Waals surface area (Å²) in [5.41, 5.74) is 0. The van der Waals surface area contributed by atoms with Crippen LogP contribution in [0.25, 0.3) is 0 Å². The van der Waals surface area contributed by atoms with Gasteiger partial charge in [-0.05, 0) is 0 Å². The second kappa shape index (κ2) is 7.75. The third-order valence-corrected chi connectivity index (χ3v) is 1.72. The zero-order valence-electron chi connectivity index (χ0n) is 5.95. The van der Waals surface area contributed by atoms with Crippen LogP contribution in [0.5, 0.6) is 0 Å². The minimum absolute atomic E-state index is 0. The van der Waals surface area contributed by atoms with Gasteiger partial charge in [-0.25, -0.2) is 8.42 Å². The van der Waals surface area contributed by atoms with Crippen molar-refractivity contribution in [3.63, 3.8) is 0 Å². The number of hydrogen-bond donors (Lipinski definition) is 1. The Hall–Kier alpha value is 1.12. The van der Waals surface area contributed by atoms with Gasteiger partial charge in [0, 0.05) is 5.88 Å². The van der Waals surface area contributed by atoms with Crippen LogP contribution < -0.4 is 29.6 Å². The van der Waals surface area contributed by atoms with Gasteiger partial charge in [-0.15, -0.1) is 11.6 Å². The molecule has 0 rings (SSSR count). The van der Waals surface area contributed by atoms with Crippen molar-refractivity contribution in [1.29, 1.82) is 0 Å². The fourth-order valence-electron chi connectivity index (χ4n) is 0.280. The zero-order chi connectivity index (χ0) is 7.49. The molecule has 0 amide bonds. The average Bonchev–Trinajstić information content (AvgIpc) is 1.62. The van der Waals surface area contributed by atoms with E-state index in [1.165, 1.54) is 0 Å². The van der Waals surface area contributed by atoms with Crippen molar-refractivity contribution in [2.24, 2.45) is 0 Å². The fraction of sp³-hybridized carbons (Fsp3) is 1.00. The molecule has 0 bridgehead atoms. The van der Waals surface area contributed by atoms with Crippen molar-refractivity contribution in [2.45, 2.75) is 6.10 Å². The molecule has 1 unspecified atom stereocenters. The minimum Gasteiger partial charge on any atom is -0.748 e. The largest absolute Gasteiger partial charge is 1.00 e.